The molecule has 0 N–H and O–H groups in total. The highest BCUT2D eigenvalue weighted by molar-refractivity contribution is 5.56. The van der Waals surface area contributed by atoms with Crippen molar-refractivity contribution in [2.75, 3.05) is 7.11 Å². The summed E-state index contributed by atoms with van der Waals surface area (Å²) in [6.07, 6.45) is 2.53. The number of ether oxygens (including phenoxy) is 1. The summed E-state index contributed by atoms with van der Waals surface area (Å²) >= 11 is 0. The van der Waals surface area contributed by atoms with Gasteiger partial charge >= 0.3 is 0 Å². The fourth-order valence-electron chi connectivity index (χ4n) is 3.05. The molecular formula is C21H22N2O2. The van der Waals surface area contributed by atoms with Gasteiger partial charge in [-0.2, -0.15) is 0 Å². The second-order valence-corrected chi connectivity index (χ2v) is 6.53. The Hall–Kier alpha value is -2.59. The molecule has 0 aliphatic heterocycles. The van der Waals surface area contributed by atoms with Gasteiger partial charge in [0.15, 0.2) is 5.76 Å². The predicted octanol–water partition coefficient (Wildman–Crippen LogP) is 4.51. The van der Waals surface area contributed by atoms with Gasteiger partial charge in [-0.3, -0.25) is 4.90 Å². The van der Waals surface area contributed by atoms with Crippen molar-refractivity contribution < 1.29 is 9.26 Å². The Labute approximate surface area is 148 Å². The van der Waals surface area contributed by atoms with E-state index in [-0.39, 0.29) is 0 Å². The Kier molecular flexibility index (Phi) is 4.53. The van der Waals surface area contributed by atoms with Gasteiger partial charge in [0.05, 0.1) is 12.8 Å². The largest absolute Gasteiger partial charge is 0.497 e. The van der Waals surface area contributed by atoms with Gasteiger partial charge in [0, 0.05) is 30.8 Å². The lowest BCUT2D eigenvalue weighted by atomic mass is 10.1. The van der Waals surface area contributed by atoms with E-state index in [2.05, 4.69) is 28.3 Å². The van der Waals surface area contributed by atoms with Gasteiger partial charge in [-0.15, -0.1) is 0 Å². The van der Waals surface area contributed by atoms with Crippen LogP contribution < -0.4 is 4.74 Å². The molecule has 25 heavy (non-hydrogen) atoms. The van der Waals surface area contributed by atoms with E-state index in [0.717, 1.165) is 35.9 Å². The molecular weight excluding hydrogens is 312 g/mol. The van der Waals surface area contributed by atoms with Crippen LogP contribution in [0.3, 0.4) is 0 Å². The van der Waals surface area contributed by atoms with Crippen molar-refractivity contribution in [1.82, 2.24) is 10.1 Å². The molecule has 0 bridgehead atoms. The Morgan fingerprint density at radius 2 is 1.80 bits per heavy atom. The number of hydrogen-bond acceptors (Lipinski definition) is 4. The molecule has 3 aromatic rings. The van der Waals surface area contributed by atoms with Crippen molar-refractivity contribution in [1.29, 1.82) is 0 Å². The first-order valence-corrected chi connectivity index (χ1v) is 8.70. The van der Waals surface area contributed by atoms with Crippen LogP contribution in [0.4, 0.5) is 0 Å². The lowest BCUT2D eigenvalue weighted by molar-refractivity contribution is 0.237. The molecule has 1 aliphatic carbocycles. The molecule has 4 heteroatoms. The van der Waals surface area contributed by atoms with Crippen LogP contribution in [0.5, 0.6) is 5.75 Å². The van der Waals surface area contributed by atoms with Gasteiger partial charge in [-0.25, -0.2) is 0 Å². The molecule has 1 heterocycles. The summed E-state index contributed by atoms with van der Waals surface area (Å²) in [4.78, 5) is 2.48. The summed E-state index contributed by atoms with van der Waals surface area (Å²) in [6, 6.07) is 21.1. The molecule has 0 atom stereocenters. The maximum Gasteiger partial charge on any atom is 0.167 e. The maximum atomic E-state index is 5.54. The van der Waals surface area contributed by atoms with Crippen LogP contribution >= 0.6 is 0 Å². The number of methoxy groups -OCH3 is 1. The average molecular weight is 334 g/mol. The van der Waals surface area contributed by atoms with Gasteiger partial charge in [-0.05, 0) is 30.5 Å². The number of aromatic nitrogens is 1. The first-order chi connectivity index (χ1) is 12.3. The zero-order valence-corrected chi connectivity index (χ0v) is 14.4. The third-order valence-electron chi connectivity index (χ3n) is 4.59. The van der Waals surface area contributed by atoms with Crippen LogP contribution in [0.1, 0.15) is 24.1 Å². The highest BCUT2D eigenvalue weighted by Crippen LogP contribution is 2.30. The van der Waals surface area contributed by atoms with Crippen molar-refractivity contribution in [2.45, 2.75) is 32.0 Å². The van der Waals surface area contributed by atoms with Crippen molar-refractivity contribution in [3.05, 3.63) is 71.9 Å². The molecule has 4 rings (SSSR count). The summed E-state index contributed by atoms with van der Waals surface area (Å²) in [7, 11) is 1.69. The second-order valence-electron chi connectivity index (χ2n) is 6.53. The number of benzene rings is 2. The molecule has 2 aromatic carbocycles. The van der Waals surface area contributed by atoms with E-state index >= 15 is 0 Å². The van der Waals surface area contributed by atoms with Gasteiger partial charge < -0.3 is 9.26 Å². The van der Waals surface area contributed by atoms with Gasteiger partial charge in [0.2, 0.25) is 0 Å². The highest BCUT2D eigenvalue weighted by Gasteiger charge is 2.29. The highest BCUT2D eigenvalue weighted by atomic mass is 16.5. The number of rotatable bonds is 7. The topological polar surface area (TPSA) is 38.5 Å². The van der Waals surface area contributed by atoms with E-state index in [9.17, 15) is 0 Å². The van der Waals surface area contributed by atoms with E-state index in [0.29, 0.717) is 6.04 Å². The first-order valence-electron chi connectivity index (χ1n) is 8.70. The van der Waals surface area contributed by atoms with E-state index in [1.165, 1.54) is 18.4 Å². The minimum Gasteiger partial charge on any atom is -0.497 e. The fraction of sp³-hybridized carbons (Fsp3) is 0.286. The minimum atomic E-state index is 0.652. The molecule has 1 aliphatic rings. The molecule has 0 spiro atoms. The Morgan fingerprint density at radius 1 is 1.04 bits per heavy atom. The predicted molar refractivity (Wildman–Crippen MR) is 97.2 cm³/mol. The Bertz CT molecular complexity index is 807. The second kappa shape index (κ2) is 7.11. The number of nitrogens with zero attached hydrogens (tertiary/aromatic N) is 2. The van der Waals surface area contributed by atoms with E-state index in [1.807, 2.05) is 42.5 Å². The average Bonchev–Trinajstić information content (AvgIpc) is 3.41. The number of hydrogen-bond donors (Lipinski definition) is 0. The van der Waals surface area contributed by atoms with Crippen molar-refractivity contribution in [2.24, 2.45) is 0 Å². The third kappa shape index (κ3) is 3.91. The summed E-state index contributed by atoms with van der Waals surface area (Å²) < 4.78 is 10.8. The lowest BCUT2D eigenvalue weighted by Gasteiger charge is -2.20. The molecule has 1 fully saturated rings. The third-order valence-corrected chi connectivity index (χ3v) is 4.59. The van der Waals surface area contributed by atoms with E-state index < -0.39 is 0 Å². The molecule has 1 saturated carbocycles. The van der Waals surface area contributed by atoms with Crippen molar-refractivity contribution >= 4 is 0 Å². The molecule has 0 radical (unpaired) electrons. The Balaban J connectivity index is 1.46. The normalized spacial score (nSPS) is 14.0. The molecule has 0 unspecified atom stereocenters. The lowest BCUT2D eigenvalue weighted by Crippen LogP contribution is -2.25. The van der Waals surface area contributed by atoms with Crippen LogP contribution in [0.15, 0.2) is 65.2 Å². The molecule has 128 valence electrons. The summed E-state index contributed by atoms with van der Waals surface area (Å²) in [5.41, 5.74) is 3.34. The zero-order chi connectivity index (χ0) is 17.1. The molecule has 0 amide bonds. The zero-order valence-electron chi connectivity index (χ0n) is 14.4. The van der Waals surface area contributed by atoms with Gasteiger partial charge in [-0.1, -0.05) is 47.6 Å². The SMILES string of the molecule is COc1ccc(CN(Cc2cc(-c3ccccc3)on2)C2CC2)cc1. The van der Waals surface area contributed by atoms with Crippen molar-refractivity contribution in [3.63, 3.8) is 0 Å². The van der Waals surface area contributed by atoms with Crippen LogP contribution in [0.25, 0.3) is 11.3 Å². The van der Waals surface area contributed by atoms with Crippen LogP contribution in [-0.4, -0.2) is 23.2 Å². The summed E-state index contributed by atoms with van der Waals surface area (Å²) in [5.74, 6) is 1.72. The first kappa shape index (κ1) is 15.9. The minimum absolute atomic E-state index is 0.652. The maximum absolute atomic E-state index is 5.54. The van der Waals surface area contributed by atoms with Crippen molar-refractivity contribution in [3.8, 4) is 17.1 Å². The van der Waals surface area contributed by atoms with Crippen LogP contribution in [0.2, 0.25) is 0 Å². The Morgan fingerprint density at radius 3 is 2.48 bits per heavy atom. The summed E-state index contributed by atoms with van der Waals surface area (Å²) in [6.45, 7) is 1.73. The molecule has 0 saturated heterocycles. The molecule has 4 nitrogen and oxygen atoms in total. The quantitative estimate of drug-likeness (QED) is 0.637. The van der Waals surface area contributed by atoms with Crippen LogP contribution in [-0.2, 0) is 13.1 Å². The smallest absolute Gasteiger partial charge is 0.167 e. The fourth-order valence-corrected chi connectivity index (χ4v) is 3.05. The van der Waals surface area contributed by atoms with Gasteiger partial charge in [0.25, 0.3) is 0 Å². The monoisotopic (exact) mass is 334 g/mol. The van der Waals surface area contributed by atoms with Crippen LogP contribution in [0, 0.1) is 0 Å². The van der Waals surface area contributed by atoms with E-state index in [1.54, 1.807) is 7.11 Å². The van der Waals surface area contributed by atoms with Gasteiger partial charge in [0.1, 0.15) is 5.75 Å². The standard InChI is InChI=1S/C21H22N2O2/c1-24-20-11-7-16(8-12-20)14-23(19-9-10-19)15-18-13-21(25-22-18)17-5-3-2-4-6-17/h2-8,11-13,19H,9-10,14-15H2,1H3. The molecule has 1 aromatic heterocycles. The summed E-state index contributed by atoms with van der Waals surface area (Å²) in [5, 5.41) is 4.27. The van der Waals surface area contributed by atoms with E-state index in [4.69, 9.17) is 9.26 Å².